The number of benzene rings is 2. The average molecular weight is 288 g/mol. The van der Waals surface area contributed by atoms with E-state index in [9.17, 15) is 13.6 Å². The summed E-state index contributed by atoms with van der Waals surface area (Å²) in [6.07, 6.45) is 0. The molecule has 1 amide bonds. The molecule has 2 aromatic rings. The first-order valence-corrected chi connectivity index (χ1v) is 6.66. The van der Waals surface area contributed by atoms with Gasteiger partial charge in [0, 0.05) is 17.3 Å². The van der Waals surface area contributed by atoms with Crippen LogP contribution in [0.15, 0.2) is 42.5 Å². The van der Waals surface area contributed by atoms with Crippen LogP contribution in [0.4, 0.5) is 14.5 Å². The zero-order chi connectivity index (χ0) is 15.0. The molecule has 0 aromatic heterocycles. The standard InChI is InChI=1S/C16H14F2N2O/c1-9(10-2-4-11(17)5-3-10)19-15-13-7-6-12(18)8-14(13)20-16(15)21/h2-9,15,19H,1H3,(H,20,21). The third kappa shape index (κ3) is 2.64. The Bertz CT molecular complexity index is 685. The number of carbonyl (C=O) groups is 1. The second kappa shape index (κ2) is 5.26. The Hall–Kier alpha value is -2.27. The average Bonchev–Trinajstić information content (AvgIpc) is 2.75. The van der Waals surface area contributed by atoms with Gasteiger partial charge in [-0.1, -0.05) is 18.2 Å². The molecule has 0 bridgehead atoms. The maximum Gasteiger partial charge on any atom is 0.246 e. The van der Waals surface area contributed by atoms with E-state index >= 15 is 0 Å². The first kappa shape index (κ1) is 13.7. The number of hydrogen-bond acceptors (Lipinski definition) is 2. The molecule has 0 saturated carbocycles. The summed E-state index contributed by atoms with van der Waals surface area (Å²) < 4.78 is 26.1. The number of anilines is 1. The Morgan fingerprint density at radius 2 is 1.76 bits per heavy atom. The van der Waals surface area contributed by atoms with Gasteiger partial charge < -0.3 is 5.32 Å². The monoisotopic (exact) mass is 288 g/mol. The van der Waals surface area contributed by atoms with Gasteiger partial charge in [-0.25, -0.2) is 8.78 Å². The summed E-state index contributed by atoms with van der Waals surface area (Å²) in [5.74, 6) is -0.906. The van der Waals surface area contributed by atoms with Crippen molar-refractivity contribution in [2.24, 2.45) is 0 Å². The Morgan fingerprint density at radius 3 is 2.48 bits per heavy atom. The molecule has 0 saturated heterocycles. The lowest BCUT2D eigenvalue weighted by Gasteiger charge is -2.19. The van der Waals surface area contributed by atoms with Gasteiger partial charge in [0.2, 0.25) is 5.91 Å². The summed E-state index contributed by atoms with van der Waals surface area (Å²) in [5, 5.41) is 5.84. The molecule has 108 valence electrons. The van der Waals surface area contributed by atoms with Crippen molar-refractivity contribution in [1.29, 1.82) is 0 Å². The van der Waals surface area contributed by atoms with Crippen molar-refractivity contribution in [3.8, 4) is 0 Å². The molecule has 0 radical (unpaired) electrons. The van der Waals surface area contributed by atoms with E-state index in [-0.39, 0.29) is 23.6 Å². The number of halogens is 2. The Balaban J connectivity index is 1.82. The largest absolute Gasteiger partial charge is 0.324 e. The van der Waals surface area contributed by atoms with Crippen molar-refractivity contribution in [1.82, 2.24) is 5.32 Å². The van der Waals surface area contributed by atoms with Crippen LogP contribution in [0.5, 0.6) is 0 Å². The molecule has 2 N–H and O–H groups in total. The maximum atomic E-state index is 13.2. The molecule has 0 spiro atoms. The van der Waals surface area contributed by atoms with E-state index in [1.165, 1.54) is 24.3 Å². The fourth-order valence-corrected chi connectivity index (χ4v) is 2.50. The molecule has 1 aliphatic rings. The van der Waals surface area contributed by atoms with Crippen molar-refractivity contribution >= 4 is 11.6 Å². The summed E-state index contributed by atoms with van der Waals surface area (Å²) in [6, 6.07) is 9.65. The normalized spacial score (nSPS) is 18.2. The number of amides is 1. The van der Waals surface area contributed by atoms with Crippen LogP contribution >= 0.6 is 0 Å². The number of rotatable bonds is 3. The Morgan fingerprint density at radius 1 is 1.10 bits per heavy atom. The molecule has 3 nitrogen and oxygen atoms in total. The molecule has 0 aliphatic carbocycles. The van der Waals surface area contributed by atoms with Crippen molar-refractivity contribution in [3.63, 3.8) is 0 Å². The van der Waals surface area contributed by atoms with Crippen LogP contribution in [0.1, 0.15) is 30.1 Å². The highest BCUT2D eigenvalue weighted by Crippen LogP contribution is 2.32. The lowest BCUT2D eigenvalue weighted by molar-refractivity contribution is -0.117. The number of hydrogen-bond donors (Lipinski definition) is 2. The van der Waals surface area contributed by atoms with E-state index < -0.39 is 6.04 Å². The second-order valence-electron chi connectivity index (χ2n) is 5.09. The van der Waals surface area contributed by atoms with Crippen LogP contribution in [0, 0.1) is 11.6 Å². The molecule has 3 rings (SSSR count). The minimum atomic E-state index is -0.541. The van der Waals surface area contributed by atoms with Crippen molar-refractivity contribution in [3.05, 3.63) is 65.2 Å². The zero-order valence-corrected chi connectivity index (χ0v) is 11.4. The van der Waals surface area contributed by atoms with Gasteiger partial charge in [-0.05, 0) is 36.8 Å². The first-order chi connectivity index (χ1) is 10.0. The van der Waals surface area contributed by atoms with Gasteiger partial charge in [0.05, 0.1) is 0 Å². The smallest absolute Gasteiger partial charge is 0.246 e. The highest BCUT2D eigenvalue weighted by Gasteiger charge is 2.31. The van der Waals surface area contributed by atoms with Crippen molar-refractivity contribution in [2.75, 3.05) is 5.32 Å². The fourth-order valence-electron chi connectivity index (χ4n) is 2.50. The molecule has 5 heteroatoms. The van der Waals surface area contributed by atoms with Gasteiger partial charge >= 0.3 is 0 Å². The van der Waals surface area contributed by atoms with Gasteiger partial charge in [-0.2, -0.15) is 0 Å². The van der Waals surface area contributed by atoms with E-state index in [1.54, 1.807) is 18.2 Å². The molecule has 2 aromatic carbocycles. The highest BCUT2D eigenvalue weighted by atomic mass is 19.1. The van der Waals surface area contributed by atoms with Crippen LogP contribution in [0.2, 0.25) is 0 Å². The quantitative estimate of drug-likeness (QED) is 0.909. The Labute approximate surface area is 121 Å². The number of nitrogens with one attached hydrogen (secondary N) is 2. The van der Waals surface area contributed by atoms with Crippen molar-refractivity contribution < 1.29 is 13.6 Å². The molecule has 1 aliphatic heterocycles. The minimum Gasteiger partial charge on any atom is -0.324 e. The molecule has 21 heavy (non-hydrogen) atoms. The number of fused-ring (bicyclic) bond motifs is 1. The van der Waals surface area contributed by atoms with Gasteiger partial charge in [0.25, 0.3) is 0 Å². The molecule has 2 unspecified atom stereocenters. The lowest BCUT2D eigenvalue weighted by Crippen LogP contribution is -2.29. The van der Waals surface area contributed by atoms with Crippen LogP contribution in [0.3, 0.4) is 0 Å². The van der Waals surface area contributed by atoms with Gasteiger partial charge in [-0.15, -0.1) is 0 Å². The van der Waals surface area contributed by atoms with E-state index in [0.717, 1.165) is 11.1 Å². The summed E-state index contributed by atoms with van der Waals surface area (Å²) in [6.45, 7) is 1.89. The van der Waals surface area contributed by atoms with E-state index in [0.29, 0.717) is 5.69 Å². The Kier molecular flexibility index (Phi) is 3.43. The van der Waals surface area contributed by atoms with Crippen LogP contribution in [0.25, 0.3) is 0 Å². The molecular weight excluding hydrogens is 274 g/mol. The predicted octanol–water partition coefficient (Wildman–Crippen LogP) is 3.31. The van der Waals surface area contributed by atoms with E-state index in [1.807, 2.05) is 6.92 Å². The topological polar surface area (TPSA) is 41.1 Å². The highest BCUT2D eigenvalue weighted by molar-refractivity contribution is 6.02. The number of carbonyl (C=O) groups excluding carboxylic acids is 1. The predicted molar refractivity (Wildman–Crippen MR) is 75.7 cm³/mol. The fraction of sp³-hybridized carbons (Fsp3) is 0.188. The van der Waals surface area contributed by atoms with Crippen LogP contribution < -0.4 is 10.6 Å². The summed E-state index contributed by atoms with van der Waals surface area (Å²) in [4.78, 5) is 12.0. The zero-order valence-electron chi connectivity index (χ0n) is 11.4. The molecule has 0 fully saturated rings. The third-order valence-corrected chi connectivity index (χ3v) is 3.63. The summed E-state index contributed by atoms with van der Waals surface area (Å²) in [5.41, 5.74) is 2.08. The molecule has 1 heterocycles. The third-order valence-electron chi connectivity index (χ3n) is 3.63. The molecule has 2 atom stereocenters. The van der Waals surface area contributed by atoms with Crippen molar-refractivity contribution in [2.45, 2.75) is 19.0 Å². The maximum absolute atomic E-state index is 13.2. The summed E-state index contributed by atoms with van der Waals surface area (Å²) in [7, 11) is 0. The second-order valence-corrected chi connectivity index (χ2v) is 5.09. The first-order valence-electron chi connectivity index (χ1n) is 6.66. The lowest BCUT2D eigenvalue weighted by atomic mass is 10.0. The van der Waals surface area contributed by atoms with Gasteiger partial charge in [0.1, 0.15) is 17.7 Å². The van der Waals surface area contributed by atoms with Gasteiger partial charge in [0.15, 0.2) is 0 Å². The van der Waals surface area contributed by atoms with E-state index in [2.05, 4.69) is 10.6 Å². The minimum absolute atomic E-state index is 0.141. The SMILES string of the molecule is CC(NC1C(=O)Nc2cc(F)ccc21)c1ccc(F)cc1. The van der Waals surface area contributed by atoms with E-state index in [4.69, 9.17) is 0 Å². The van der Waals surface area contributed by atoms with Crippen LogP contribution in [-0.4, -0.2) is 5.91 Å². The van der Waals surface area contributed by atoms with Gasteiger partial charge in [-0.3, -0.25) is 10.1 Å². The van der Waals surface area contributed by atoms with Crippen LogP contribution in [-0.2, 0) is 4.79 Å². The summed E-state index contributed by atoms with van der Waals surface area (Å²) >= 11 is 0. The molecular formula is C16H14F2N2O.